The predicted octanol–water partition coefficient (Wildman–Crippen LogP) is 16.5. The number of unbranched alkanes of at least 4 members (excludes halogenated alkanes) is 27. The molecule has 60 heavy (non-hydrogen) atoms. The largest absolute Gasteiger partial charge is 0.462 e. The summed E-state index contributed by atoms with van der Waals surface area (Å²) >= 11 is 0. The van der Waals surface area contributed by atoms with E-state index in [1.54, 1.807) is 0 Å². The summed E-state index contributed by atoms with van der Waals surface area (Å²) in [6, 6.07) is 0. The summed E-state index contributed by atoms with van der Waals surface area (Å²) in [7, 11) is 0. The maximum Gasteiger partial charge on any atom is 0.306 e. The minimum atomic E-state index is -0.795. The van der Waals surface area contributed by atoms with Crippen LogP contribution in [0.3, 0.4) is 0 Å². The lowest BCUT2D eigenvalue weighted by Crippen LogP contribution is -2.30. The van der Waals surface area contributed by atoms with Gasteiger partial charge in [-0.15, -0.1) is 0 Å². The summed E-state index contributed by atoms with van der Waals surface area (Å²) in [5, 5.41) is 0. The summed E-state index contributed by atoms with van der Waals surface area (Å²) < 4.78 is 16.7. The maximum absolute atomic E-state index is 12.7. The van der Waals surface area contributed by atoms with Gasteiger partial charge in [0.15, 0.2) is 6.10 Å². The smallest absolute Gasteiger partial charge is 0.306 e. The fraction of sp³-hybridized carbons (Fsp3) is 0.759. The van der Waals surface area contributed by atoms with Crippen molar-refractivity contribution >= 4 is 17.9 Å². The Morgan fingerprint density at radius 2 is 0.683 bits per heavy atom. The molecule has 1 atom stereocenters. The first kappa shape index (κ1) is 57.1. The third-order valence-electron chi connectivity index (χ3n) is 10.9. The van der Waals surface area contributed by atoms with E-state index >= 15 is 0 Å². The van der Waals surface area contributed by atoms with Gasteiger partial charge in [-0.05, 0) is 57.8 Å². The van der Waals surface area contributed by atoms with Crippen molar-refractivity contribution < 1.29 is 28.6 Å². The van der Waals surface area contributed by atoms with Crippen molar-refractivity contribution in [1.82, 2.24) is 0 Å². The number of hydrogen-bond donors (Lipinski definition) is 0. The summed E-state index contributed by atoms with van der Waals surface area (Å²) in [6.07, 6.45) is 59.3. The molecule has 0 N–H and O–H groups in total. The van der Waals surface area contributed by atoms with Crippen LogP contribution < -0.4 is 0 Å². The van der Waals surface area contributed by atoms with Gasteiger partial charge in [0.1, 0.15) is 13.2 Å². The van der Waals surface area contributed by atoms with Gasteiger partial charge in [-0.2, -0.15) is 0 Å². The fourth-order valence-corrected chi connectivity index (χ4v) is 7.02. The molecule has 0 radical (unpaired) electrons. The number of allylic oxidation sites excluding steroid dienone is 10. The van der Waals surface area contributed by atoms with E-state index in [4.69, 9.17) is 14.2 Å². The molecule has 0 aromatic carbocycles. The molecule has 0 fully saturated rings. The van der Waals surface area contributed by atoms with Gasteiger partial charge < -0.3 is 14.2 Å². The first-order chi connectivity index (χ1) is 29.5. The van der Waals surface area contributed by atoms with Gasteiger partial charge in [0, 0.05) is 19.3 Å². The van der Waals surface area contributed by atoms with Crippen LogP contribution >= 0.6 is 0 Å². The van der Waals surface area contributed by atoms with Crippen LogP contribution in [0.5, 0.6) is 0 Å². The quantitative estimate of drug-likeness (QED) is 0.0200. The van der Waals surface area contributed by atoms with E-state index in [1.165, 1.54) is 116 Å². The summed E-state index contributed by atoms with van der Waals surface area (Å²) in [6.45, 7) is 6.42. The molecule has 6 heteroatoms. The van der Waals surface area contributed by atoms with E-state index in [-0.39, 0.29) is 37.5 Å². The Balaban J connectivity index is 4.33. The Kier molecular flexibility index (Phi) is 46.4. The molecule has 0 heterocycles. The van der Waals surface area contributed by atoms with Crippen LogP contribution in [-0.4, -0.2) is 37.2 Å². The minimum absolute atomic E-state index is 0.0921. The fourth-order valence-electron chi connectivity index (χ4n) is 7.02. The third kappa shape index (κ3) is 46.2. The summed E-state index contributed by atoms with van der Waals surface area (Å²) in [4.78, 5) is 37.8. The minimum Gasteiger partial charge on any atom is -0.462 e. The second-order valence-electron chi connectivity index (χ2n) is 16.8. The first-order valence-corrected chi connectivity index (χ1v) is 25.3. The van der Waals surface area contributed by atoms with Crippen LogP contribution in [0, 0.1) is 0 Å². The number of rotatable bonds is 45. The van der Waals surface area contributed by atoms with Crippen molar-refractivity contribution in [2.24, 2.45) is 0 Å². The van der Waals surface area contributed by atoms with Crippen molar-refractivity contribution in [1.29, 1.82) is 0 Å². The van der Waals surface area contributed by atoms with E-state index in [9.17, 15) is 14.4 Å². The van der Waals surface area contributed by atoms with Crippen LogP contribution in [0.4, 0.5) is 0 Å². The normalized spacial score (nSPS) is 12.5. The average molecular weight is 839 g/mol. The van der Waals surface area contributed by atoms with E-state index < -0.39 is 6.10 Å². The molecule has 346 valence electrons. The predicted molar refractivity (Wildman–Crippen MR) is 256 cm³/mol. The molecule has 0 aromatic heterocycles. The lowest BCUT2D eigenvalue weighted by atomic mass is 10.0. The molecule has 0 aliphatic heterocycles. The molecule has 0 spiro atoms. The number of hydrogen-bond acceptors (Lipinski definition) is 6. The van der Waals surface area contributed by atoms with E-state index in [0.29, 0.717) is 12.8 Å². The number of carbonyl (C=O) groups is 3. The van der Waals surface area contributed by atoms with Crippen LogP contribution in [0.15, 0.2) is 60.8 Å². The van der Waals surface area contributed by atoms with Crippen LogP contribution in [0.1, 0.15) is 245 Å². The lowest BCUT2D eigenvalue weighted by Gasteiger charge is -2.18. The Bertz CT molecular complexity index is 1100. The molecular weight excluding hydrogens is 745 g/mol. The van der Waals surface area contributed by atoms with Gasteiger partial charge >= 0.3 is 17.9 Å². The number of esters is 3. The number of ether oxygens (including phenoxy) is 3. The Morgan fingerprint density at radius 3 is 1.13 bits per heavy atom. The van der Waals surface area contributed by atoms with Gasteiger partial charge in [-0.1, -0.05) is 229 Å². The first-order valence-electron chi connectivity index (χ1n) is 25.3. The molecule has 1 unspecified atom stereocenters. The van der Waals surface area contributed by atoms with Gasteiger partial charge in [-0.3, -0.25) is 14.4 Å². The summed E-state index contributed by atoms with van der Waals surface area (Å²) in [5.41, 5.74) is 0. The van der Waals surface area contributed by atoms with Crippen molar-refractivity contribution in [2.45, 2.75) is 252 Å². The van der Waals surface area contributed by atoms with Crippen LogP contribution in [0.25, 0.3) is 0 Å². The van der Waals surface area contributed by atoms with Crippen molar-refractivity contribution in [2.75, 3.05) is 13.2 Å². The highest BCUT2D eigenvalue weighted by Crippen LogP contribution is 2.16. The molecule has 0 amide bonds. The monoisotopic (exact) mass is 839 g/mol. The molecular formula is C54H94O6. The SMILES string of the molecule is CC\C=C/C=C\C=C/C=C\CCCCCC(=O)OC(COC(=O)CCCCCC/C=C\CCCC)COC(=O)CCCCCCCCCCCCCCCCCCCCC. The van der Waals surface area contributed by atoms with Gasteiger partial charge in [-0.25, -0.2) is 0 Å². The molecule has 0 aromatic rings. The Labute approximate surface area is 370 Å². The van der Waals surface area contributed by atoms with Gasteiger partial charge in [0.05, 0.1) is 0 Å². The molecule has 0 aliphatic carbocycles. The van der Waals surface area contributed by atoms with Gasteiger partial charge in [0.2, 0.25) is 0 Å². The highest BCUT2D eigenvalue weighted by molar-refractivity contribution is 5.71. The second kappa shape index (κ2) is 48.8. The molecule has 0 rings (SSSR count). The molecule has 0 bridgehead atoms. The highest BCUT2D eigenvalue weighted by atomic mass is 16.6. The third-order valence-corrected chi connectivity index (χ3v) is 10.9. The zero-order valence-corrected chi connectivity index (χ0v) is 39.5. The second-order valence-corrected chi connectivity index (χ2v) is 16.8. The maximum atomic E-state index is 12.7. The van der Waals surface area contributed by atoms with Crippen molar-refractivity contribution in [3.05, 3.63) is 60.8 Å². The Morgan fingerprint density at radius 1 is 0.350 bits per heavy atom. The van der Waals surface area contributed by atoms with Crippen molar-refractivity contribution in [3.63, 3.8) is 0 Å². The van der Waals surface area contributed by atoms with Crippen molar-refractivity contribution in [3.8, 4) is 0 Å². The topological polar surface area (TPSA) is 78.9 Å². The zero-order valence-electron chi connectivity index (χ0n) is 39.5. The molecule has 0 saturated carbocycles. The molecule has 0 aliphatic rings. The zero-order chi connectivity index (χ0) is 43.7. The average Bonchev–Trinajstić information content (AvgIpc) is 3.24. The van der Waals surface area contributed by atoms with Crippen LogP contribution in [-0.2, 0) is 28.6 Å². The molecule has 6 nitrogen and oxygen atoms in total. The van der Waals surface area contributed by atoms with Gasteiger partial charge in [0.25, 0.3) is 0 Å². The van der Waals surface area contributed by atoms with E-state index in [1.807, 2.05) is 36.5 Å². The Hall–Kier alpha value is -2.89. The number of carbonyl (C=O) groups excluding carboxylic acids is 3. The summed E-state index contributed by atoms with van der Waals surface area (Å²) in [5.74, 6) is -0.943. The van der Waals surface area contributed by atoms with E-state index in [0.717, 1.165) is 89.9 Å². The van der Waals surface area contributed by atoms with E-state index in [2.05, 4.69) is 45.1 Å². The van der Waals surface area contributed by atoms with Crippen LogP contribution in [0.2, 0.25) is 0 Å². The standard InChI is InChI=1S/C54H94O6/c1-4-7-10-13-16-19-22-24-25-26-27-28-29-31-32-35-38-41-44-47-53(56)59-50-51(49-58-52(55)46-43-40-37-34-21-18-15-12-9-6-3)60-54(57)48-45-42-39-36-33-30-23-20-17-14-11-8-5-2/h8,11,14-15,17-18,20,23,30,33,51H,4-7,9-10,12-13,16,19,21-22,24-29,31-32,34-50H2,1-3H3/b11-8-,17-14-,18-15-,23-20-,33-30-. The lowest BCUT2D eigenvalue weighted by molar-refractivity contribution is -0.167. The highest BCUT2D eigenvalue weighted by Gasteiger charge is 2.19. The molecule has 0 saturated heterocycles.